The summed E-state index contributed by atoms with van der Waals surface area (Å²) in [5.74, 6) is 2.37. The van der Waals surface area contributed by atoms with E-state index in [-0.39, 0.29) is 0 Å². The van der Waals surface area contributed by atoms with Gasteiger partial charge in [0.15, 0.2) is 17.5 Å². The van der Waals surface area contributed by atoms with Crippen LogP contribution in [0.2, 0.25) is 0 Å². The van der Waals surface area contributed by atoms with Crippen LogP contribution in [0.5, 0.6) is 0 Å². The first kappa shape index (κ1) is 23.1. The molecule has 0 saturated heterocycles. The van der Waals surface area contributed by atoms with Gasteiger partial charge in [0.2, 0.25) is 0 Å². The second-order valence-corrected chi connectivity index (χ2v) is 10.7. The summed E-state index contributed by atoms with van der Waals surface area (Å²) in [7, 11) is 0. The Morgan fingerprint density at radius 1 is 0.476 bits per heavy atom. The second kappa shape index (κ2) is 8.94. The zero-order valence-corrected chi connectivity index (χ0v) is 22.8. The minimum atomic E-state index is 0.776. The highest BCUT2D eigenvalue weighted by molar-refractivity contribution is 6.23. The fraction of sp³-hybridized carbons (Fsp3) is 0.0556. The number of rotatable bonds is 3. The maximum absolute atomic E-state index is 5.31. The molecular formula is C36H26N6. The fourth-order valence-corrected chi connectivity index (χ4v) is 6.55. The zero-order valence-electron chi connectivity index (χ0n) is 22.8. The van der Waals surface area contributed by atoms with Gasteiger partial charge in [0.1, 0.15) is 5.69 Å². The van der Waals surface area contributed by atoms with Gasteiger partial charge >= 0.3 is 0 Å². The van der Waals surface area contributed by atoms with Gasteiger partial charge in [-0.15, -0.1) is 0 Å². The summed E-state index contributed by atoms with van der Waals surface area (Å²) in [6, 6.07) is 42.9. The molecule has 2 N–H and O–H groups in total. The second-order valence-electron chi connectivity index (χ2n) is 10.7. The smallest absolute Gasteiger partial charge is 0.171 e. The molecule has 0 spiro atoms. The number of para-hydroxylation sites is 3. The van der Waals surface area contributed by atoms with Crippen LogP contribution in [0.4, 0.5) is 11.6 Å². The van der Waals surface area contributed by atoms with Gasteiger partial charge in [-0.2, -0.15) is 0 Å². The number of anilines is 2. The summed E-state index contributed by atoms with van der Waals surface area (Å²) >= 11 is 0. The van der Waals surface area contributed by atoms with Crippen LogP contribution in [0.15, 0.2) is 121 Å². The Balaban J connectivity index is 1.52. The van der Waals surface area contributed by atoms with E-state index in [1.54, 1.807) is 0 Å². The Kier molecular flexibility index (Phi) is 4.92. The summed E-state index contributed by atoms with van der Waals surface area (Å²) in [6.07, 6.45) is 0. The van der Waals surface area contributed by atoms with Gasteiger partial charge in [0.05, 0.1) is 22.1 Å². The van der Waals surface area contributed by atoms with E-state index >= 15 is 0 Å². The van der Waals surface area contributed by atoms with Crippen LogP contribution >= 0.6 is 0 Å². The van der Waals surface area contributed by atoms with Crippen LogP contribution in [-0.4, -0.2) is 32.2 Å². The van der Waals surface area contributed by atoms with Crippen LogP contribution in [0.3, 0.4) is 0 Å². The van der Waals surface area contributed by atoms with E-state index < -0.39 is 0 Å². The predicted octanol–water partition coefficient (Wildman–Crippen LogP) is 8.18. The third-order valence-corrected chi connectivity index (χ3v) is 8.33. The molecule has 6 nitrogen and oxygen atoms in total. The van der Waals surface area contributed by atoms with Gasteiger partial charge in [-0.25, -0.2) is 9.97 Å². The SMILES string of the molecule is c1ccc(-c2nc3c(nc2-n2c4ccccc4c4ccc5c6ccccc6n(-c6ccccc6)c5c42)NCCN3)cc1. The normalized spacial score (nSPS) is 13.0. The first-order valence-corrected chi connectivity index (χ1v) is 14.3. The molecule has 0 amide bonds. The molecule has 0 fully saturated rings. The lowest BCUT2D eigenvalue weighted by Crippen LogP contribution is -2.23. The minimum Gasteiger partial charge on any atom is -0.365 e. The van der Waals surface area contributed by atoms with Crippen LogP contribution in [0, 0.1) is 0 Å². The van der Waals surface area contributed by atoms with E-state index in [1.165, 1.54) is 27.1 Å². The lowest BCUT2D eigenvalue weighted by atomic mass is 10.1. The van der Waals surface area contributed by atoms with E-state index in [1.807, 2.05) is 6.07 Å². The molecule has 3 aromatic heterocycles. The molecule has 0 atom stereocenters. The molecule has 0 radical (unpaired) electrons. The average Bonchev–Trinajstić information content (AvgIpc) is 3.58. The summed E-state index contributed by atoms with van der Waals surface area (Å²) in [5.41, 5.74) is 7.53. The number of nitrogens with one attached hydrogen (secondary N) is 2. The Morgan fingerprint density at radius 3 is 1.67 bits per heavy atom. The molecule has 4 heterocycles. The number of hydrogen-bond acceptors (Lipinski definition) is 4. The summed E-state index contributed by atoms with van der Waals surface area (Å²) in [4.78, 5) is 10.5. The van der Waals surface area contributed by atoms with Gasteiger partial charge in [0.25, 0.3) is 0 Å². The predicted molar refractivity (Wildman–Crippen MR) is 173 cm³/mol. The van der Waals surface area contributed by atoms with E-state index in [0.29, 0.717) is 0 Å². The molecule has 1 aliphatic rings. The van der Waals surface area contributed by atoms with Crippen LogP contribution < -0.4 is 10.6 Å². The molecule has 1 aliphatic heterocycles. The molecule has 42 heavy (non-hydrogen) atoms. The van der Waals surface area contributed by atoms with Gasteiger partial charge in [0, 0.05) is 45.9 Å². The lowest BCUT2D eigenvalue weighted by Gasteiger charge is -2.22. The van der Waals surface area contributed by atoms with Crippen molar-refractivity contribution in [2.45, 2.75) is 0 Å². The lowest BCUT2D eigenvalue weighted by molar-refractivity contribution is 0.964. The zero-order chi connectivity index (χ0) is 27.6. The molecule has 0 aliphatic carbocycles. The van der Waals surface area contributed by atoms with Crippen molar-refractivity contribution < 1.29 is 0 Å². The third-order valence-electron chi connectivity index (χ3n) is 8.33. The largest absolute Gasteiger partial charge is 0.365 e. The van der Waals surface area contributed by atoms with Crippen molar-refractivity contribution in [3.8, 4) is 22.8 Å². The van der Waals surface area contributed by atoms with Gasteiger partial charge in [-0.05, 0) is 24.3 Å². The molecule has 9 rings (SSSR count). The molecular weight excluding hydrogens is 516 g/mol. The standard InChI is InChI=1S/C36H26N6/c1-3-11-23(12-4-1)31-36(40-35-34(39-31)37-21-22-38-35)42-30-18-10-8-16-26(30)28-20-19-27-25-15-7-9-17-29(25)41(32(27)33(28)42)24-13-5-2-6-14-24/h1-20H,21-22H2,(H,37,39)(H,38,40). The fourth-order valence-electron chi connectivity index (χ4n) is 6.55. The van der Waals surface area contributed by atoms with Crippen LogP contribution in [-0.2, 0) is 0 Å². The Bertz CT molecular complexity index is 2300. The average molecular weight is 543 g/mol. The summed E-state index contributed by atoms with van der Waals surface area (Å²) in [6.45, 7) is 1.61. The molecule has 8 aromatic rings. The molecule has 5 aromatic carbocycles. The molecule has 200 valence electrons. The monoisotopic (exact) mass is 542 g/mol. The highest BCUT2D eigenvalue weighted by Gasteiger charge is 2.25. The van der Waals surface area contributed by atoms with Crippen LogP contribution in [0.25, 0.3) is 66.4 Å². The van der Waals surface area contributed by atoms with Crippen molar-refractivity contribution in [2.24, 2.45) is 0 Å². The van der Waals surface area contributed by atoms with Crippen molar-refractivity contribution in [3.63, 3.8) is 0 Å². The number of benzene rings is 5. The summed E-state index contributed by atoms with van der Waals surface area (Å²) in [5, 5.41) is 11.7. The topological polar surface area (TPSA) is 59.7 Å². The quantitative estimate of drug-likeness (QED) is 0.236. The van der Waals surface area contributed by atoms with Crippen LogP contribution in [0.1, 0.15) is 0 Å². The minimum absolute atomic E-state index is 0.776. The highest BCUT2D eigenvalue weighted by atomic mass is 15.2. The Morgan fingerprint density at radius 2 is 1.00 bits per heavy atom. The molecule has 6 heteroatoms. The molecule has 0 bridgehead atoms. The Hall–Kier alpha value is -5.62. The molecule has 0 saturated carbocycles. The third kappa shape index (κ3) is 3.26. The Labute approximate surface area is 241 Å². The number of nitrogens with zero attached hydrogens (tertiary/aromatic N) is 4. The van der Waals surface area contributed by atoms with Gasteiger partial charge < -0.3 is 15.2 Å². The maximum atomic E-state index is 5.31. The number of hydrogen-bond donors (Lipinski definition) is 2. The van der Waals surface area contributed by atoms with E-state index in [9.17, 15) is 0 Å². The maximum Gasteiger partial charge on any atom is 0.171 e. The van der Waals surface area contributed by atoms with Crippen molar-refractivity contribution in [1.82, 2.24) is 19.1 Å². The molecule has 0 unspecified atom stereocenters. The van der Waals surface area contributed by atoms with E-state index in [4.69, 9.17) is 9.97 Å². The van der Waals surface area contributed by atoms with Crippen molar-refractivity contribution in [3.05, 3.63) is 121 Å². The number of aromatic nitrogens is 4. The summed E-state index contributed by atoms with van der Waals surface area (Å²) < 4.78 is 4.73. The van der Waals surface area contributed by atoms with E-state index in [2.05, 4.69) is 135 Å². The first-order valence-electron chi connectivity index (χ1n) is 14.3. The van der Waals surface area contributed by atoms with Gasteiger partial charge in [-0.1, -0.05) is 97.1 Å². The van der Waals surface area contributed by atoms with E-state index in [0.717, 1.165) is 64.0 Å². The van der Waals surface area contributed by atoms with Crippen molar-refractivity contribution in [1.29, 1.82) is 0 Å². The highest BCUT2D eigenvalue weighted by Crippen LogP contribution is 2.43. The van der Waals surface area contributed by atoms with Gasteiger partial charge in [-0.3, -0.25) is 4.57 Å². The van der Waals surface area contributed by atoms with Crippen molar-refractivity contribution in [2.75, 3.05) is 23.7 Å². The first-order chi connectivity index (χ1) is 20.9. The van der Waals surface area contributed by atoms with Crippen molar-refractivity contribution >= 4 is 55.2 Å². The number of fused-ring (bicyclic) bond motifs is 8.